The largest absolute Gasteiger partial charge is 0.322 e. The van der Waals surface area contributed by atoms with Crippen LogP contribution in [0.2, 0.25) is 0 Å². The van der Waals surface area contributed by atoms with Crippen LogP contribution < -0.4 is 10.0 Å². The highest BCUT2D eigenvalue weighted by atomic mass is 32.2. The minimum Gasteiger partial charge on any atom is -0.322 e. The molecule has 1 aromatic heterocycles. The zero-order valence-electron chi connectivity index (χ0n) is 14.2. The van der Waals surface area contributed by atoms with Crippen LogP contribution in [0.25, 0.3) is 6.08 Å². The van der Waals surface area contributed by atoms with E-state index in [1.807, 2.05) is 0 Å². The van der Waals surface area contributed by atoms with Crippen molar-refractivity contribution in [2.75, 3.05) is 10.0 Å². The van der Waals surface area contributed by atoms with Crippen molar-refractivity contribution >= 4 is 33.4 Å². The van der Waals surface area contributed by atoms with Crippen molar-refractivity contribution in [1.29, 1.82) is 0 Å². The van der Waals surface area contributed by atoms with Crippen LogP contribution in [0.1, 0.15) is 5.56 Å². The van der Waals surface area contributed by atoms with Crippen molar-refractivity contribution in [3.05, 3.63) is 90.8 Å². The summed E-state index contributed by atoms with van der Waals surface area (Å²) in [5.41, 5.74) is 1.69. The lowest BCUT2D eigenvalue weighted by Crippen LogP contribution is -2.13. The summed E-state index contributed by atoms with van der Waals surface area (Å²) in [7, 11) is -3.69. The van der Waals surface area contributed by atoms with Crippen LogP contribution in [0.4, 0.5) is 11.4 Å². The zero-order chi connectivity index (χ0) is 19.1. The molecule has 0 radical (unpaired) electrons. The minimum absolute atomic E-state index is 0.166. The molecule has 0 unspecified atom stereocenters. The number of anilines is 2. The van der Waals surface area contributed by atoms with Gasteiger partial charge in [-0.1, -0.05) is 24.3 Å². The first-order chi connectivity index (χ1) is 13.0. The molecule has 2 aromatic carbocycles. The Hall–Kier alpha value is -3.45. The van der Waals surface area contributed by atoms with E-state index in [0.29, 0.717) is 11.4 Å². The Morgan fingerprint density at radius 3 is 2.33 bits per heavy atom. The second-order valence-electron chi connectivity index (χ2n) is 5.60. The first-order valence-electron chi connectivity index (χ1n) is 8.10. The molecule has 136 valence electrons. The average Bonchev–Trinajstić information content (AvgIpc) is 2.68. The number of nitrogens with one attached hydrogen (secondary N) is 2. The molecule has 0 atom stereocenters. The quantitative estimate of drug-likeness (QED) is 0.641. The van der Waals surface area contributed by atoms with Crippen LogP contribution in [-0.4, -0.2) is 19.3 Å². The number of amides is 1. The summed E-state index contributed by atoms with van der Waals surface area (Å²) in [4.78, 5) is 16.1. The summed E-state index contributed by atoms with van der Waals surface area (Å²) in [6.45, 7) is 0. The predicted molar refractivity (Wildman–Crippen MR) is 106 cm³/mol. The average molecular weight is 379 g/mol. The van der Waals surface area contributed by atoms with Crippen molar-refractivity contribution in [3.63, 3.8) is 0 Å². The highest BCUT2D eigenvalue weighted by molar-refractivity contribution is 7.92. The Morgan fingerprint density at radius 2 is 1.59 bits per heavy atom. The number of benzene rings is 2. The molecule has 7 heteroatoms. The van der Waals surface area contributed by atoms with Gasteiger partial charge in [0.25, 0.3) is 10.0 Å². The SMILES string of the molecule is O=C(/C=C/c1ccncc1)Nc1cccc(NS(=O)(=O)c2ccccc2)c1. The molecule has 0 aliphatic rings. The molecule has 0 aliphatic carbocycles. The van der Waals surface area contributed by atoms with Crippen LogP contribution in [0.15, 0.2) is 90.1 Å². The van der Waals surface area contributed by atoms with E-state index in [2.05, 4.69) is 15.0 Å². The molecule has 0 spiro atoms. The number of carbonyl (C=O) groups is 1. The molecular formula is C20H17N3O3S. The van der Waals surface area contributed by atoms with Crippen LogP contribution in [-0.2, 0) is 14.8 Å². The first-order valence-corrected chi connectivity index (χ1v) is 9.58. The van der Waals surface area contributed by atoms with E-state index < -0.39 is 10.0 Å². The van der Waals surface area contributed by atoms with E-state index in [1.54, 1.807) is 73.1 Å². The zero-order valence-corrected chi connectivity index (χ0v) is 15.1. The van der Waals surface area contributed by atoms with Crippen molar-refractivity contribution < 1.29 is 13.2 Å². The fourth-order valence-corrected chi connectivity index (χ4v) is 3.38. The van der Waals surface area contributed by atoms with Gasteiger partial charge < -0.3 is 5.32 Å². The van der Waals surface area contributed by atoms with E-state index in [0.717, 1.165) is 5.56 Å². The highest BCUT2D eigenvalue weighted by Gasteiger charge is 2.13. The number of hydrogen-bond acceptors (Lipinski definition) is 4. The molecule has 0 bridgehead atoms. The molecule has 0 fully saturated rings. The Bertz CT molecular complexity index is 1050. The Morgan fingerprint density at radius 1 is 0.889 bits per heavy atom. The lowest BCUT2D eigenvalue weighted by atomic mass is 10.2. The van der Waals surface area contributed by atoms with E-state index >= 15 is 0 Å². The van der Waals surface area contributed by atoms with E-state index in [1.165, 1.54) is 18.2 Å². The summed E-state index contributed by atoms with van der Waals surface area (Å²) in [6, 6.07) is 18.1. The van der Waals surface area contributed by atoms with Crippen molar-refractivity contribution in [2.24, 2.45) is 0 Å². The first kappa shape index (κ1) is 18.3. The minimum atomic E-state index is -3.69. The van der Waals surface area contributed by atoms with E-state index in [9.17, 15) is 13.2 Å². The fourth-order valence-electron chi connectivity index (χ4n) is 2.30. The van der Waals surface area contributed by atoms with Crippen LogP contribution >= 0.6 is 0 Å². The molecular weight excluding hydrogens is 362 g/mol. The Kier molecular flexibility index (Phi) is 5.63. The summed E-state index contributed by atoms with van der Waals surface area (Å²) < 4.78 is 27.3. The third-order valence-electron chi connectivity index (χ3n) is 3.57. The van der Waals surface area contributed by atoms with Gasteiger partial charge in [-0.25, -0.2) is 8.42 Å². The Labute approximate surface area is 157 Å². The van der Waals surface area contributed by atoms with Gasteiger partial charge in [-0.3, -0.25) is 14.5 Å². The third kappa shape index (κ3) is 5.26. The van der Waals surface area contributed by atoms with Crippen molar-refractivity contribution in [1.82, 2.24) is 4.98 Å². The maximum atomic E-state index is 12.4. The molecule has 27 heavy (non-hydrogen) atoms. The van der Waals surface area contributed by atoms with Crippen LogP contribution in [0.5, 0.6) is 0 Å². The summed E-state index contributed by atoms with van der Waals surface area (Å²) in [5.74, 6) is -0.324. The normalized spacial score (nSPS) is 11.3. The number of aromatic nitrogens is 1. The van der Waals surface area contributed by atoms with Gasteiger partial charge >= 0.3 is 0 Å². The van der Waals surface area contributed by atoms with Gasteiger partial charge in [-0.15, -0.1) is 0 Å². The molecule has 0 aliphatic heterocycles. The maximum absolute atomic E-state index is 12.4. The summed E-state index contributed by atoms with van der Waals surface area (Å²) in [6.07, 6.45) is 6.34. The number of nitrogens with zero attached hydrogens (tertiary/aromatic N) is 1. The van der Waals surface area contributed by atoms with Gasteiger partial charge in [0.2, 0.25) is 5.91 Å². The topological polar surface area (TPSA) is 88.2 Å². The predicted octanol–water partition coefficient (Wildman–Crippen LogP) is 3.53. The molecule has 0 saturated carbocycles. The van der Waals surface area contributed by atoms with E-state index in [-0.39, 0.29) is 10.8 Å². The number of pyridine rings is 1. The standard InChI is InChI=1S/C20H17N3O3S/c24-20(10-9-16-11-13-21-14-12-16)22-17-5-4-6-18(15-17)23-27(25,26)19-7-2-1-3-8-19/h1-15,23H,(H,22,24)/b10-9+. The number of rotatable bonds is 6. The molecule has 3 rings (SSSR count). The molecule has 1 heterocycles. The monoisotopic (exact) mass is 379 g/mol. The third-order valence-corrected chi connectivity index (χ3v) is 4.97. The summed E-state index contributed by atoms with van der Waals surface area (Å²) in [5, 5.41) is 2.70. The summed E-state index contributed by atoms with van der Waals surface area (Å²) >= 11 is 0. The van der Waals surface area contributed by atoms with Gasteiger partial charge in [0.1, 0.15) is 0 Å². The van der Waals surface area contributed by atoms with Gasteiger partial charge in [0.15, 0.2) is 0 Å². The fraction of sp³-hybridized carbons (Fsp3) is 0. The number of carbonyl (C=O) groups excluding carboxylic acids is 1. The van der Waals surface area contributed by atoms with E-state index in [4.69, 9.17) is 0 Å². The lowest BCUT2D eigenvalue weighted by Gasteiger charge is -2.09. The van der Waals surface area contributed by atoms with Crippen LogP contribution in [0, 0.1) is 0 Å². The molecule has 0 saturated heterocycles. The second kappa shape index (κ2) is 8.29. The number of sulfonamides is 1. The smallest absolute Gasteiger partial charge is 0.261 e. The highest BCUT2D eigenvalue weighted by Crippen LogP contribution is 2.19. The second-order valence-corrected chi connectivity index (χ2v) is 7.28. The van der Waals surface area contributed by atoms with Gasteiger partial charge in [-0.05, 0) is 54.1 Å². The van der Waals surface area contributed by atoms with Crippen LogP contribution in [0.3, 0.4) is 0 Å². The van der Waals surface area contributed by atoms with Crippen molar-refractivity contribution in [2.45, 2.75) is 4.90 Å². The molecule has 2 N–H and O–H groups in total. The number of hydrogen-bond donors (Lipinski definition) is 2. The molecule has 3 aromatic rings. The maximum Gasteiger partial charge on any atom is 0.261 e. The van der Waals surface area contributed by atoms with Gasteiger partial charge in [-0.2, -0.15) is 0 Å². The molecule has 6 nitrogen and oxygen atoms in total. The van der Waals surface area contributed by atoms with Crippen molar-refractivity contribution in [3.8, 4) is 0 Å². The molecule has 1 amide bonds. The van der Waals surface area contributed by atoms with Gasteiger partial charge in [0, 0.05) is 24.2 Å². The Balaban J connectivity index is 1.69. The van der Waals surface area contributed by atoms with Gasteiger partial charge in [0.05, 0.1) is 10.6 Å². The lowest BCUT2D eigenvalue weighted by molar-refractivity contribution is -0.111.